The zero-order valence-electron chi connectivity index (χ0n) is 11.0. The molecule has 1 aliphatic heterocycles. The molecule has 0 aromatic carbocycles. The van der Waals surface area contributed by atoms with E-state index in [4.69, 9.17) is 10.5 Å². The molecule has 2 aromatic heterocycles. The van der Waals surface area contributed by atoms with Crippen LogP contribution in [0.5, 0.6) is 5.88 Å². The Bertz CT molecular complexity index is 693. The first kappa shape index (κ1) is 12.8. The van der Waals surface area contributed by atoms with E-state index < -0.39 is 0 Å². The highest BCUT2D eigenvalue weighted by Gasteiger charge is 2.34. The maximum atomic E-state index is 9.42. The number of H-pyrrole nitrogens is 1. The quantitative estimate of drug-likeness (QED) is 0.908. The number of nitrogens with zero attached hydrogens (tertiary/aromatic N) is 2. The van der Waals surface area contributed by atoms with Gasteiger partial charge in [-0.15, -0.1) is 5.10 Å². The molecular formula is C14H14N4OS. The number of nitriles is 1. The van der Waals surface area contributed by atoms with Crippen molar-refractivity contribution in [2.75, 3.05) is 0 Å². The highest BCUT2D eigenvalue weighted by Crippen LogP contribution is 2.43. The fraction of sp³-hybridized carbons (Fsp3) is 0.286. The number of aromatic nitrogens is 2. The van der Waals surface area contributed by atoms with E-state index >= 15 is 0 Å². The SMILES string of the molecule is CCCc1[nH]nc2c1[C@H](c1ccsc1)C(C#N)=C(N)O2. The predicted molar refractivity (Wildman–Crippen MR) is 76.2 cm³/mol. The first-order valence-corrected chi connectivity index (χ1v) is 7.37. The number of thiophene rings is 1. The minimum atomic E-state index is -0.185. The second kappa shape index (κ2) is 5.02. The van der Waals surface area contributed by atoms with Crippen LogP contribution >= 0.6 is 11.3 Å². The van der Waals surface area contributed by atoms with E-state index in [-0.39, 0.29) is 11.8 Å². The van der Waals surface area contributed by atoms with Gasteiger partial charge in [0.05, 0.1) is 5.92 Å². The summed E-state index contributed by atoms with van der Waals surface area (Å²) >= 11 is 1.60. The zero-order valence-corrected chi connectivity index (χ0v) is 11.8. The second-order valence-corrected chi connectivity index (χ2v) is 5.43. The number of aryl methyl sites for hydroxylation is 1. The molecule has 20 heavy (non-hydrogen) atoms. The summed E-state index contributed by atoms with van der Waals surface area (Å²) in [6.07, 6.45) is 1.86. The summed E-state index contributed by atoms with van der Waals surface area (Å²) in [7, 11) is 0. The number of rotatable bonds is 3. The van der Waals surface area contributed by atoms with Gasteiger partial charge in [-0.2, -0.15) is 16.6 Å². The van der Waals surface area contributed by atoms with Gasteiger partial charge in [0.15, 0.2) is 0 Å². The molecular weight excluding hydrogens is 272 g/mol. The molecule has 0 saturated carbocycles. The van der Waals surface area contributed by atoms with Crippen LogP contribution in [0.1, 0.15) is 36.1 Å². The van der Waals surface area contributed by atoms with Crippen molar-refractivity contribution >= 4 is 11.3 Å². The molecule has 0 fully saturated rings. The maximum Gasteiger partial charge on any atom is 0.244 e. The van der Waals surface area contributed by atoms with Crippen LogP contribution in [0.15, 0.2) is 28.3 Å². The Labute approximate surface area is 120 Å². The minimum Gasteiger partial charge on any atom is -0.420 e. The van der Waals surface area contributed by atoms with Gasteiger partial charge in [0.25, 0.3) is 0 Å². The third-order valence-corrected chi connectivity index (χ3v) is 4.10. The third kappa shape index (κ3) is 1.87. The van der Waals surface area contributed by atoms with Crippen molar-refractivity contribution < 1.29 is 4.74 Å². The number of hydrogen-bond donors (Lipinski definition) is 2. The lowest BCUT2D eigenvalue weighted by atomic mass is 9.85. The molecule has 0 saturated heterocycles. The Hall–Kier alpha value is -2.26. The molecule has 0 amide bonds. The first-order chi connectivity index (χ1) is 9.76. The number of fused-ring (bicyclic) bond motifs is 1. The molecule has 1 aliphatic rings. The largest absolute Gasteiger partial charge is 0.420 e. The Morgan fingerprint density at radius 3 is 3.10 bits per heavy atom. The molecule has 1 atom stereocenters. The second-order valence-electron chi connectivity index (χ2n) is 4.65. The monoisotopic (exact) mass is 286 g/mol. The van der Waals surface area contributed by atoms with Crippen LogP contribution in [0, 0.1) is 11.3 Å². The van der Waals surface area contributed by atoms with Crippen molar-refractivity contribution in [3.05, 3.63) is 45.1 Å². The summed E-state index contributed by atoms with van der Waals surface area (Å²) in [5.74, 6) is 0.446. The summed E-state index contributed by atoms with van der Waals surface area (Å²) < 4.78 is 5.49. The molecule has 5 nitrogen and oxygen atoms in total. The molecule has 0 aliphatic carbocycles. The highest BCUT2D eigenvalue weighted by atomic mass is 32.1. The van der Waals surface area contributed by atoms with Gasteiger partial charge in [-0.1, -0.05) is 13.3 Å². The summed E-state index contributed by atoms with van der Waals surface area (Å²) in [6, 6.07) is 4.20. The zero-order chi connectivity index (χ0) is 14.1. The summed E-state index contributed by atoms with van der Waals surface area (Å²) in [5.41, 5.74) is 9.33. The van der Waals surface area contributed by atoms with Gasteiger partial charge in [0.1, 0.15) is 11.6 Å². The molecule has 102 valence electrons. The van der Waals surface area contributed by atoms with Crippen molar-refractivity contribution in [2.45, 2.75) is 25.7 Å². The van der Waals surface area contributed by atoms with Crippen LogP contribution < -0.4 is 10.5 Å². The normalized spacial score (nSPS) is 17.5. The smallest absolute Gasteiger partial charge is 0.244 e. The lowest BCUT2D eigenvalue weighted by Crippen LogP contribution is -2.21. The third-order valence-electron chi connectivity index (χ3n) is 3.39. The lowest BCUT2D eigenvalue weighted by molar-refractivity contribution is 0.379. The number of aromatic amines is 1. The average Bonchev–Trinajstić information content (AvgIpc) is 3.08. The van der Waals surface area contributed by atoms with Crippen LogP contribution in [0.25, 0.3) is 0 Å². The standard InChI is InChI=1S/C14H14N4OS/c1-2-3-10-12-11(8-4-5-20-7-8)9(6-15)13(16)19-14(12)18-17-10/h4-5,7,11H,2-3,16H2,1H3,(H,17,18)/t11-/m1/s1. The van der Waals surface area contributed by atoms with Gasteiger partial charge in [-0.3, -0.25) is 5.10 Å². The average molecular weight is 286 g/mol. The summed E-state index contributed by atoms with van der Waals surface area (Å²) in [6.45, 7) is 2.10. The Morgan fingerprint density at radius 2 is 2.45 bits per heavy atom. The van der Waals surface area contributed by atoms with Crippen molar-refractivity contribution in [1.82, 2.24) is 10.2 Å². The number of hydrogen-bond acceptors (Lipinski definition) is 5. The van der Waals surface area contributed by atoms with Gasteiger partial charge in [0, 0.05) is 11.3 Å². The topological polar surface area (TPSA) is 87.7 Å². The molecule has 6 heteroatoms. The van der Waals surface area contributed by atoms with Gasteiger partial charge < -0.3 is 10.5 Å². The fourth-order valence-corrected chi connectivity index (χ4v) is 3.21. The minimum absolute atomic E-state index is 0.144. The van der Waals surface area contributed by atoms with Crippen LogP contribution in [-0.2, 0) is 6.42 Å². The van der Waals surface area contributed by atoms with Gasteiger partial charge in [-0.05, 0) is 28.8 Å². The molecule has 0 unspecified atom stereocenters. The fourth-order valence-electron chi connectivity index (χ4n) is 2.52. The van der Waals surface area contributed by atoms with Crippen LogP contribution in [-0.4, -0.2) is 10.2 Å². The van der Waals surface area contributed by atoms with E-state index in [1.807, 2.05) is 16.8 Å². The van der Waals surface area contributed by atoms with E-state index in [0.717, 1.165) is 29.7 Å². The Morgan fingerprint density at radius 1 is 1.60 bits per heavy atom. The van der Waals surface area contributed by atoms with Crippen molar-refractivity contribution in [3.8, 4) is 11.9 Å². The van der Waals surface area contributed by atoms with E-state index in [2.05, 4.69) is 23.2 Å². The molecule has 3 rings (SSSR count). The number of nitrogens with two attached hydrogens (primary N) is 1. The first-order valence-electron chi connectivity index (χ1n) is 6.43. The predicted octanol–water partition coefficient (Wildman–Crippen LogP) is 2.64. The van der Waals surface area contributed by atoms with Gasteiger partial charge in [0.2, 0.25) is 11.8 Å². The highest BCUT2D eigenvalue weighted by molar-refractivity contribution is 7.08. The molecule has 3 heterocycles. The van der Waals surface area contributed by atoms with Crippen LogP contribution in [0.3, 0.4) is 0 Å². The summed E-state index contributed by atoms with van der Waals surface area (Å²) in [4.78, 5) is 0. The van der Waals surface area contributed by atoms with E-state index in [1.54, 1.807) is 11.3 Å². The van der Waals surface area contributed by atoms with E-state index in [1.165, 1.54) is 0 Å². The molecule has 3 N–H and O–H groups in total. The number of nitrogens with one attached hydrogen (secondary N) is 1. The molecule has 2 aromatic rings. The van der Waals surface area contributed by atoms with Crippen LogP contribution in [0.2, 0.25) is 0 Å². The van der Waals surface area contributed by atoms with Gasteiger partial charge >= 0.3 is 0 Å². The van der Waals surface area contributed by atoms with Crippen LogP contribution in [0.4, 0.5) is 0 Å². The Kier molecular flexibility index (Phi) is 3.20. The van der Waals surface area contributed by atoms with Crippen molar-refractivity contribution in [2.24, 2.45) is 5.73 Å². The van der Waals surface area contributed by atoms with E-state index in [9.17, 15) is 5.26 Å². The number of ether oxygens (including phenoxy) is 1. The van der Waals surface area contributed by atoms with E-state index in [0.29, 0.717) is 11.5 Å². The lowest BCUT2D eigenvalue weighted by Gasteiger charge is -2.23. The molecule has 0 spiro atoms. The molecule has 0 bridgehead atoms. The van der Waals surface area contributed by atoms with Crippen molar-refractivity contribution in [3.63, 3.8) is 0 Å². The van der Waals surface area contributed by atoms with Gasteiger partial charge in [-0.25, -0.2) is 0 Å². The number of allylic oxidation sites excluding steroid dienone is 1. The molecule has 0 radical (unpaired) electrons. The maximum absolute atomic E-state index is 9.42. The van der Waals surface area contributed by atoms with Crippen molar-refractivity contribution in [1.29, 1.82) is 5.26 Å². The summed E-state index contributed by atoms with van der Waals surface area (Å²) in [5, 5.41) is 20.6. The Balaban J connectivity index is 2.19.